The quantitative estimate of drug-likeness (QED) is 0.887. The molecule has 0 radical (unpaired) electrons. The van der Waals surface area contributed by atoms with E-state index in [0.717, 1.165) is 22.5 Å². The predicted octanol–water partition coefficient (Wildman–Crippen LogP) is 4.37. The monoisotopic (exact) mass is 354 g/mol. The molecule has 2 aromatic rings. The molecule has 1 aliphatic heterocycles. The van der Waals surface area contributed by atoms with Gasteiger partial charge < -0.3 is 5.32 Å². The number of hydrogen-bond acceptors (Lipinski definition) is 3. The molecular formula is C20H22N2O2S. The largest absolute Gasteiger partial charge is 0.326 e. The zero-order valence-corrected chi connectivity index (χ0v) is 15.5. The number of anilines is 2. The first kappa shape index (κ1) is 17.5. The fourth-order valence-corrected chi connectivity index (χ4v) is 3.95. The van der Waals surface area contributed by atoms with Crippen LogP contribution in [0.15, 0.2) is 48.5 Å². The second kappa shape index (κ2) is 7.31. The number of nitrogens with zero attached hydrogens (tertiary/aromatic N) is 1. The molecule has 0 bridgehead atoms. The number of benzene rings is 2. The third-order valence-corrected chi connectivity index (χ3v) is 5.38. The number of carbonyl (C=O) groups excluding carboxylic acids is 2. The average Bonchev–Trinajstić information content (AvgIpc) is 2.97. The molecule has 3 rings (SSSR count). The minimum absolute atomic E-state index is 0.0244. The molecule has 0 aliphatic carbocycles. The standard InChI is InChI=1S/C20H22N2O2S/c1-13(2)19(24)21-17-7-5-4-6-16(17)20-22(18(23)12-25-20)15-10-8-14(3)9-11-15/h4-11,13,20H,12H2,1-3H3,(H,21,24). The van der Waals surface area contributed by atoms with E-state index >= 15 is 0 Å². The topological polar surface area (TPSA) is 49.4 Å². The Morgan fingerprint density at radius 2 is 1.84 bits per heavy atom. The van der Waals surface area contributed by atoms with E-state index in [4.69, 9.17) is 0 Å². The van der Waals surface area contributed by atoms with Crippen LogP contribution >= 0.6 is 11.8 Å². The molecule has 4 nitrogen and oxygen atoms in total. The van der Waals surface area contributed by atoms with E-state index in [9.17, 15) is 9.59 Å². The number of thioether (sulfide) groups is 1. The Hall–Kier alpha value is -2.27. The number of para-hydroxylation sites is 1. The van der Waals surface area contributed by atoms with Gasteiger partial charge in [-0.2, -0.15) is 0 Å². The number of amides is 2. The maximum atomic E-state index is 12.5. The molecule has 2 aromatic carbocycles. The lowest BCUT2D eigenvalue weighted by Crippen LogP contribution is -2.28. The lowest BCUT2D eigenvalue weighted by Gasteiger charge is -2.26. The van der Waals surface area contributed by atoms with Gasteiger partial charge in [-0.1, -0.05) is 49.7 Å². The Balaban J connectivity index is 1.96. The second-order valence-electron chi connectivity index (χ2n) is 6.49. The third kappa shape index (κ3) is 3.71. The fourth-order valence-electron chi connectivity index (χ4n) is 2.74. The van der Waals surface area contributed by atoms with Crippen molar-refractivity contribution in [3.05, 3.63) is 59.7 Å². The van der Waals surface area contributed by atoms with Gasteiger partial charge in [0.2, 0.25) is 11.8 Å². The number of carbonyl (C=O) groups is 2. The van der Waals surface area contributed by atoms with Crippen LogP contribution in [0.3, 0.4) is 0 Å². The van der Waals surface area contributed by atoms with Gasteiger partial charge in [0.1, 0.15) is 5.37 Å². The molecule has 0 saturated carbocycles. The SMILES string of the molecule is Cc1ccc(N2C(=O)CSC2c2ccccc2NC(=O)C(C)C)cc1. The van der Waals surface area contributed by atoms with E-state index in [-0.39, 0.29) is 23.1 Å². The van der Waals surface area contributed by atoms with Gasteiger partial charge in [-0.25, -0.2) is 0 Å². The third-order valence-electron chi connectivity index (χ3n) is 4.19. The van der Waals surface area contributed by atoms with Crippen LogP contribution in [-0.4, -0.2) is 17.6 Å². The first-order valence-electron chi connectivity index (χ1n) is 8.37. The lowest BCUT2D eigenvalue weighted by molar-refractivity contribution is -0.119. The van der Waals surface area contributed by atoms with Crippen LogP contribution in [0.5, 0.6) is 0 Å². The van der Waals surface area contributed by atoms with Gasteiger partial charge >= 0.3 is 0 Å². The van der Waals surface area contributed by atoms with Gasteiger partial charge in [0, 0.05) is 22.9 Å². The zero-order valence-electron chi connectivity index (χ0n) is 14.7. The van der Waals surface area contributed by atoms with Crippen LogP contribution in [0.1, 0.15) is 30.3 Å². The van der Waals surface area contributed by atoms with Gasteiger partial charge in [0.15, 0.2) is 0 Å². The van der Waals surface area contributed by atoms with E-state index in [1.165, 1.54) is 0 Å². The summed E-state index contributed by atoms with van der Waals surface area (Å²) in [6.45, 7) is 5.76. The number of rotatable bonds is 4. The second-order valence-corrected chi connectivity index (χ2v) is 7.56. The molecule has 1 unspecified atom stereocenters. The highest BCUT2D eigenvalue weighted by molar-refractivity contribution is 8.00. The van der Waals surface area contributed by atoms with Crippen molar-refractivity contribution in [2.24, 2.45) is 5.92 Å². The van der Waals surface area contributed by atoms with E-state index in [0.29, 0.717) is 5.75 Å². The summed E-state index contributed by atoms with van der Waals surface area (Å²) in [6, 6.07) is 15.7. The molecule has 1 saturated heterocycles. The first-order chi connectivity index (χ1) is 12.0. The van der Waals surface area contributed by atoms with Gasteiger partial charge in [-0.15, -0.1) is 11.8 Å². The summed E-state index contributed by atoms with van der Waals surface area (Å²) in [7, 11) is 0. The maximum Gasteiger partial charge on any atom is 0.238 e. The van der Waals surface area contributed by atoms with Crippen molar-refractivity contribution < 1.29 is 9.59 Å². The summed E-state index contributed by atoms with van der Waals surface area (Å²) < 4.78 is 0. The Morgan fingerprint density at radius 1 is 1.16 bits per heavy atom. The highest BCUT2D eigenvalue weighted by Gasteiger charge is 2.35. The summed E-state index contributed by atoms with van der Waals surface area (Å²) in [4.78, 5) is 26.5. The Morgan fingerprint density at radius 3 is 2.52 bits per heavy atom. The summed E-state index contributed by atoms with van der Waals surface area (Å²) in [5.74, 6) is 0.400. The lowest BCUT2D eigenvalue weighted by atomic mass is 10.1. The summed E-state index contributed by atoms with van der Waals surface area (Å²) in [5, 5.41) is 2.85. The highest BCUT2D eigenvalue weighted by atomic mass is 32.2. The van der Waals surface area contributed by atoms with Crippen molar-refractivity contribution in [1.82, 2.24) is 0 Å². The van der Waals surface area contributed by atoms with Crippen LogP contribution in [0.25, 0.3) is 0 Å². The van der Waals surface area contributed by atoms with Crippen LogP contribution in [-0.2, 0) is 9.59 Å². The molecule has 2 amide bonds. The molecule has 5 heteroatoms. The molecule has 0 aromatic heterocycles. The molecular weight excluding hydrogens is 332 g/mol. The Labute approximate surface area is 152 Å². The molecule has 25 heavy (non-hydrogen) atoms. The molecule has 0 spiro atoms. The van der Waals surface area contributed by atoms with Gasteiger partial charge in [-0.3, -0.25) is 14.5 Å². The maximum absolute atomic E-state index is 12.5. The van der Waals surface area contributed by atoms with Gasteiger partial charge in [0.05, 0.1) is 5.75 Å². The fraction of sp³-hybridized carbons (Fsp3) is 0.300. The average molecular weight is 354 g/mol. The zero-order chi connectivity index (χ0) is 18.0. The normalized spacial score (nSPS) is 17.2. The number of aryl methyl sites for hydroxylation is 1. The van der Waals surface area contributed by atoms with Crippen LogP contribution in [0.2, 0.25) is 0 Å². The van der Waals surface area contributed by atoms with Crippen molar-refractivity contribution in [2.75, 3.05) is 16.0 Å². The number of nitrogens with one attached hydrogen (secondary N) is 1. The molecule has 1 N–H and O–H groups in total. The highest BCUT2D eigenvalue weighted by Crippen LogP contribution is 2.44. The molecule has 1 heterocycles. The molecule has 1 aliphatic rings. The van der Waals surface area contributed by atoms with Gasteiger partial charge in [0.25, 0.3) is 0 Å². The predicted molar refractivity (Wildman–Crippen MR) is 104 cm³/mol. The minimum Gasteiger partial charge on any atom is -0.326 e. The Kier molecular flexibility index (Phi) is 5.13. The van der Waals surface area contributed by atoms with E-state index in [2.05, 4.69) is 5.32 Å². The molecule has 1 atom stereocenters. The number of hydrogen-bond donors (Lipinski definition) is 1. The van der Waals surface area contributed by atoms with E-state index < -0.39 is 0 Å². The summed E-state index contributed by atoms with van der Waals surface area (Å²) in [5.41, 5.74) is 3.76. The van der Waals surface area contributed by atoms with E-state index in [1.54, 1.807) is 11.8 Å². The van der Waals surface area contributed by atoms with Crippen molar-refractivity contribution in [2.45, 2.75) is 26.1 Å². The van der Waals surface area contributed by atoms with Crippen molar-refractivity contribution in [3.8, 4) is 0 Å². The van der Waals surface area contributed by atoms with Crippen molar-refractivity contribution in [1.29, 1.82) is 0 Å². The minimum atomic E-state index is -0.140. The van der Waals surface area contributed by atoms with Crippen molar-refractivity contribution >= 4 is 35.0 Å². The van der Waals surface area contributed by atoms with Crippen molar-refractivity contribution in [3.63, 3.8) is 0 Å². The smallest absolute Gasteiger partial charge is 0.238 e. The van der Waals surface area contributed by atoms with Crippen LogP contribution in [0, 0.1) is 12.8 Å². The first-order valence-corrected chi connectivity index (χ1v) is 9.42. The molecule has 1 fully saturated rings. The summed E-state index contributed by atoms with van der Waals surface area (Å²) >= 11 is 1.59. The van der Waals surface area contributed by atoms with E-state index in [1.807, 2.05) is 74.2 Å². The van der Waals surface area contributed by atoms with Gasteiger partial charge in [-0.05, 0) is 25.1 Å². The van der Waals surface area contributed by atoms with Crippen LogP contribution < -0.4 is 10.2 Å². The summed E-state index contributed by atoms with van der Waals surface area (Å²) in [6.07, 6.45) is 0. The van der Waals surface area contributed by atoms with Crippen LogP contribution in [0.4, 0.5) is 11.4 Å². The Bertz CT molecular complexity index is 787. The molecule has 130 valence electrons.